The van der Waals surface area contributed by atoms with Gasteiger partial charge in [0, 0.05) is 12.1 Å². The van der Waals surface area contributed by atoms with Gasteiger partial charge in [-0.25, -0.2) is 4.79 Å². The molecular formula is C18H19ClN2O5. The zero-order valence-electron chi connectivity index (χ0n) is 14.3. The van der Waals surface area contributed by atoms with Crippen LogP contribution in [0, 0.1) is 5.92 Å². The molecule has 0 aliphatic carbocycles. The molecule has 1 aromatic heterocycles. The second-order valence-corrected chi connectivity index (χ2v) is 6.50. The van der Waals surface area contributed by atoms with E-state index in [1.165, 1.54) is 24.3 Å². The first-order chi connectivity index (χ1) is 12.3. The number of carboxylic acid groups (broad SMARTS) is 1. The summed E-state index contributed by atoms with van der Waals surface area (Å²) in [6.45, 7) is 3.88. The topological polar surface area (TPSA) is 109 Å². The monoisotopic (exact) mass is 378 g/mol. The number of carboxylic acids is 1. The zero-order valence-corrected chi connectivity index (χ0v) is 15.1. The van der Waals surface area contributed by atoms with Crippen LogP contribution in [-0.4, -0.2) is 22.9 Å². The van der Waals surface area contributed by atoms with E-state index in [4.69, 9.17) is 21.1 Å². The van der Waals surface area contributed by atoms with Crippen LogP contribution in [0.3, 0.4) is 0 Å². The summed E-state index contributed by atoms with van der Waals surface area (Å²) in [6, 6.07) is 7.40. The van der Waals surface area contributed by atoms with Crippen molar-refractivity contribution in [3.63, 3.8) is 0 Å². The highest BCUT2D eigenvalue weighted by Crippen LogP contribution is 2.21. The first-order valence-electron chi connectivity index (χ1n) is 7.96. The van der Waals surface area contributed by atoms with Gasteiger partial charge in [0.1, 0.15) is 5.76 Å². The lowest BCUT2D eigenvalue weighted by molar-refractivity contribution is -0.116. The van der Waals surface area contributed by atoms with Gasteiger partial charge in [-0.15, -0.1) is 0 Å². The van der Waals surface area contributed by atoms with Gasteiger partial charge in [-0.1, -0.05) is 25.4 Å². The van der Waals surface area contributed by atoms with Crippen molar-refractivity contribution >= 4 is 35.1 Å². The summed E-state index contributed by atoms with van der Waals surface area (Å²) in [5.41, 5.74) is 0.662. The number of amides is 2. The van der Waals surface area contributed by atoms with Crippen LogP contribution in [0.25, 0.3) is 0 Å². The molecule has 2 rings (SSSR count). The van der Waals surface area contributed by atoms with Gasteiger partial charge >= 0.3 is 5.97 Å². The molecule has 0 bridgehead atoms. The average molecular weight is 379 g/mol. The lowest BCUT2D eigenvalue weighted by Crippen LogP contribution is -2.23. The minimum Gasteiger partial charge on any atom is -0.475 e. The highest BCUT2D eigenvalue weighted by atomic mass is 35.5. The van der Waals surface area contributed by atoms with E-state index in [1.807, 2.05) is 13.8 Å². The van der Waals surface area contributed by atoms with Crippen molar-refractivity contribution in [1.29, 1.82) is 0 Å². The Morgan fingerprint density at radius 2 is 1.92 bits per heavy atom. The SMILES string of the molecule is CC(C)CC(=O)Nc1ccc(Cl)c(C(=O)NCc2ccc(C(=O)O)o2)c1. The van der Waals surface area contributed by atoms with Gasteiger partial charge < -0.3 is 20.2 Å². The van der Waals surface area contributed by atoms with E-state index in [9.17, 15) is 14.4 Å². The van der Waals surface area contributed by atoms with Crippen LogP contribution in [0.15, 0.2) is 34.7 Å². The average Bonchev–Trinajstić information content (AvgIpc) is 3.03. The molecule has 0 aliphatic heterocycles. The number of nitrogens with one attached hydrogen (secondary N) is 2. The van der Waals surface area contributed by atoms with E-state index in [2.05, 4.69) is 10.6 Å². The number of aromatic carboxylic acids is 1. The second kappa shape index (κ2) is 8.53. The first kappa shape index (κ1) is 19.5. The molecule has 0 spiro atoms. The Morgan fingerprint density at radius 3 is 2.54 bits per heavy atom. The fourth-order valence-electron chi connectivity index (χ4n) is 2.21. The maximum Gasteiger partial charge on any atom is 0.371 e. The second-order valence-electron chi connectivity index (χ2n) is 6.09. The number of carbonyl (C=O) groups excluding carboxylic acids is 2. The Bertz CT molecular complexity index is 829. The van der Waals surface area contributed by atoms with Gasteiger partial charge in [-0.2, -0.15) is 0 Å². The predicted octanol–water partition coefficient (Wildman–Crippen LogP) is 3.55. The number of rotatable bonds is 7. The number of anilines is 1. The van der Waals surface area contributed by atoms with E-state index in [1.54, 1.807) is 6.07 Å². The Hall–Kier alpha value is -2.80. The van der Waals surface area contributed by atoms with Crippen molar-refractivity contribution in [3.8, 4) is 0 Å². The van der Waals surface area contributed by atoms with Crippen molar-refractivity contribution in [3.05, 3.63) is 52.4 Å². The van der Waals surface area contributed by atoms with E-state index in [0.29, 0.717) is 17.9 Å². The fourth-order valence-corrected chi connectivity index (χ4v) is 2.41. The number of halogens is 1. The van der Waals surface area contributed by atoms with Gasteiger partial charge in [0.15, 0.2) is 0 Å². The summed E-state index contributed by atoms with van der Waals surface area (Å²) in [6.07, 6.45) is 0.370. The molecule has 0 fully saturated rings. The molecule has 0 radical (unpaired) electrons. The molecule has 7 nitrogen and oxygen atoms in total. The lowest BCUT2D eigenvalue weighted by Gasteiger charge is -2.10. The van der Waals surface area contributed by atoms with Gasteiger partial charge in [0.25, 0.3) is 5.91 Å². The van der Waals surface area contributed by atoms with Gasteiger partial charge in [-0.3, -0.25) is 9.59 Å². The maximum absolute atomic E-state index is 12.3. The lowest BCUT2D eigenvalue weighted by atomic mass is 10.1. The molecule has 2 amide bonds. The van der Waals surface area contributed by atoms with Crippen LogP contribution < -0.4 is 10.6 Å². The Kier molecular flexibility index (Phi) is 6.41. The molecule has 0 atom stereocenters. The third kappa shape index (κ3) is 5.35. The summed E-state index contributed by atoms with van der Waals surface area (Å²) in [4.78, 5) is 35.0. The number of benzene rings is 1. The molecular weight excluding hydrogens is 360 g/mol. The number of carbonyl (C=O) groups is 3. The van der Waals surface area contributed by atoms with Crippen LogP contribution in [0.2, 0.25) is 5.02 Å². The van der Waals surface area contributed by atoms with Crippen molar-refractivity contribution in [1.82, 2.24) is 5.32 Å². The third-order valence-electron chi connectivity index (χ3n) is 3.38. The molecule has 0 aliphatic rings. The van der Waals surface area contributed by atoms with E-state index >= 15 is 0 Å². The number of hydrogen-bond acceptors (Lipinski definition) is 4. The van der Waals surface area contributed by atoms with E-state index in [-0.39, 0.29) is 34.7 Å². The molecule has 1 aromatic carbocycles. The summed E-state index contributed by atoms with van der Waals surface area (Å²) in [7, 11) is 0. The van der Waals surface area contributed by atoms with E-state index in [0.717, 1.165) is 0 Å². The smallest absolute Gasteiger partial charge is 0.371 e. The third-order valence-corrected chi connectivity index (χ3v) is 3.71. The highest BCUT2D eigenvalue weighted by molar-refractivity contribution is 6.34. The highest BCUT2D eigenvalue weighted by Gasteiger charge is 2.14. The minimum atomic E-state index is -1.18. The van der Waals surface area contributed by atoms with Gasteiger partial charge in [0.05, 0.1) is 17.1 Å². The quantitative estimate of drug-likeness (QED) is 0.682. The molecule has 26 heavy (non-hydrogen) atoms. The normalized spacial score (nSPS) is 10.6. The minimum absolute atomic E-state index is 0.00633. The Labute approximate surface area is 155 Å². The van der Waals surface area contributed by atoms with Gasteiger partial charge in [-0.05, 0) is 36.2 Å². The van der Waals surface area contributed by atoms with Crippen LogP contribution in [0.5, 0.6) is 0 Å². The number of hydrogen-bond donors (Lipinski definition) is 3. The van der Waals surface area contributed by atoms with Crippen LogP contribution in [0.1, 0.15) is 46.9 Å². The molecule has 138 valence electrons. The Morgan fingerprint density at radius 1 is 1.19 bits per heavy atom. The van der Waals surface area contributed by atoms with Crippen LogP contribution in [-0.2, 0) is 11.3 Å². The molecule has 2 aromatic rings. The van der Waals surface area contributed by atoms with Crippen molar-refractivity contribution in [2.45, 2.75) is 26.8 Å². The largest absolute Gasteiger partial charge is 0.475 e. The first-order valence-corrected chi connectivity index (χ1v) is 8.33. The maximum atomic E-state index is 12.3. The zero-order chi connectivity index (χ0) is 19.3. The summed E-state index contributed by atoms with van der Waals surface area (Å²) in [5.74, 6) is -1.49. The van der Waals surface area contributed by atoms with Crippen molar-refractivity contribution in [2.24, 2.45) is 5.92 Å². The van der Waals surface area contributed by atoms with Gasteiger partial charge in [0.2, 0.25) is 11.7 Å². The molecule has 3 N–H and O–H groups in total. The standard InChI is InChI=1S/C18H19ClN2O5/c1-10(2)7-16(22)21-11-3-5-14(19)13(8-11)17(23)20-9-12-4-6-15(26-12)18(24)25/h3-6,8,10H,7,9H2,1-2H3,(H,20,23)(H,21,22)(H,24,25). The van der Waals surface area contributed by atoms with E-state index < -0.39 is 11.9 Å². The molecule has 0 saturated heterocycles. The summed E-state index contributed by atoms with van der Waals surface area (Å²) < 4.78 is 5.07. The number of furan rings is 1. The predicted molar refractivity (Wildman–Crippen MR) is 96.4 cm³/mol. The molecule has 1 heterocycles. The summed E-state index contributed by atoms with van der Waals surface area (Å²) in [5, 5.41) is 14.4. The van der Waals surface area contributed by atoms with Crippen LogP contribution >= 0.6 is 11.6 Å². The van der Waals surface area contributed by atoms with Crippen molar-refractivity contribution in [2.75, 3.05) is 5.32 Å². The Balaban J connectivity index is 2.04. The molecule has 0 saturated carbocycles. The van der Waals surface area contributed by atoms with Crippen LogP contribution in [0.4, 0.5) is 5.69 Å². The fraction of sp³-hybridized carbons (Fsp3) is 0.278. The molecule has 8 heteroatoms. The molecule has 0 unspecified atom stereocenters. The van der Waals surface area contributed by atoms with Crippen molar-refractivity contribution < 1.29 is 23.9 Å². The summed E-state index contributed by atoms with van der Waals surface area (Å²) >= 11 is 6.06.